The van der Waals surface area contributed by atoms with Gasteiger partial charge in [0.15, 0.2) is 0 Å². The second kappa shape index (κ2) is 6.92. The lowest BCUT2D eigenvalue weighted by atomic mass is 10.2. The van der Waals surface area contributed by atoms with Crippen LogP contribution in [0.25, 0.3) is 0 Å². The summed E-state index contributed by atoms with van der Waals surface area (Å²) in [5.74, 6) is 1.12. The third-order valence-electron chi connectivity index (χ3n) is 3.29. The third-order valence-corrected chi connectivity index (χ3v) is 4.28. The van der Waals surface area contributed by atoms with Crippen LogP contribution >= 0.6 is 11.8 Å². The maximum atomic E-state index is 10.5. The summed E-state index contributed by atoms with van der Waals surface area (Å²) >= 11 is 1.86. The van der Waals surface area contributed by atoms with Gasteiger partial charge in [-0.25, -0.2) is 0 Å². The fraction of sp³-hybridized carbons (Fsp3) is 0.500. The van der Waals surface area contributed by atoms with Crippen LogP contribution in [0.3, 0.4) is 0 Å². The number of carbonyl (C=O) groups is 1. The first-order chi connectivity index (χ1) is 8.78. The van der Waals surface area contributed by atoms with E-state index in [1.807, 2.05) is 36.0 Å². The topological polar surface area (TPSA) is 23.6 Å². The molecule has 1 saturated heterocycles. The molecule has 1 aromatic rings. The van der Waals surface area contributed by atoms with E-state index in [1.54, 1.807) is 0 Å². The molecule has 1 aromatic carbocycles. The summed E-state index contributed by atoms with van der Waals surface area (Å²) in [6.45, 7) is 5.87. The number of benzene rings is 1. The van der Waals surface area contributed by atoms with Crippen LogP contribution in [0.2, 0.25) is 0 Å². The molecular formula is C14H20N2OS. The van der Waals surface area contributed by atoms with Gasteiger partial charge in [-0.2, -0.15) is 0 Å². The van der Waals surface area contributed by atoms with E-state index >= 15 is 0 Å². The summed E-state index contributed by atoms with van der Waals surface area (Å²) in [5.41, 5.74) is 0.749. The van der Waals surface area contributed by atoms with Crippen molar-refractivity contribution in [1.82, 2.24) is 9.80 Å². The standard InChI is InChI=1S/C14H20N2OS/c1-15-6-8-16(9-7-15)10-11-18-14-4-2-13(12-17)3-5-14/h2-5,12H,6-11H2,1H3. The van der Waals surface area contributed by atoms with E-state index in [9.17, 15) is 4.79 Å². The molecule has 98 valence electrons. The Morgan fingerprint density at radius 1 is 1.17 bits per heavy atom. The maximum absolute atomic E-state index is 10.5. The smallest absolute Gasteiger partial charge is 0.150 e. The van der Waals surface area contributed by atoms with E-state index in [0.29, 0.717) is 0 Å². The highest BCUT2D eigenvalue weighted by Gasteiger charge is 2.12. The number of thioether (sulfide) groups is 1. The lowest BCUT2D eigenvalue weighted by molar-refractivity contribution is 0.112. The number of rotatable bonds is 5. The summed E-state index contributed by atoms with van der Waals surface area (Å²) in [6.07, 6.45) is 0.888. The zero-order valence-corrected chi connectivity index (χ0v) is 11.7. The van der Waals surface area contributed by atoms with E-state index in [1.165, 1.54) is 31.1 Å². The van der Waals surface area contributed by atoms with Crippen LogP contribution in [0, 0.1) is 0 Å². The van der Waals surface area contributed by atoms with E-state index in [4.69, 9.17) is 0 Å². The number of piperazine rings is 1. The molecule has 1 heterocycles. The average Bonchev–Trinajstić information content (AvgIpc) is 2.42. The number of aldehydes is 1. The first-order valence-corrected chi connectivity index (χ1v) is 7.35. The summed E-state index contributed by atoms with van der Waals surface area (Å²) in [7, 11) is 2.18. The Hall–Kier alpha value is -0.840. The second-order valence-electron chi connectivity index (χ2n) is 4.68. The van der Waals surface area contributed by atoms with Crippen molar-refractivity contribution < 1.29 is 4.79 Å². The first kappa shape index (κ1) is 13.6. The fourth-order valence-corrected chi connectivity index (χ4v) is 2.92. The highest BCUT2D eigenvalue weighted by Crippen LogP contribution is 2.18. The van der Waals surface area contributed by atoms with Crippen molar-refractivity contribution in [2.75, 3.05) is 45.5 Å². The Balaban J connectivity index is 1.69. The van der Waals surface area contributed by atoms with Crippen molar-refractivity contribution in [1.29, 1.82) is 0 Å². The predicted molar refractivity (Wildman–Crippen MR) is 76.5 cm³/mol. The Morgan fingerprint density at radius 2 is 1.83 bits per heavy atom. The van der Waals surface area contributed by atoms with Crippen LogP contribution < -0.4 is 0 Å². The molecule has 0 spiro atoms. The lowest BCUT2D eigenvalue weighted by Crippen LogP contribution is -2.45. The molecule has 0 aliphatic carbocycles. The minimum absolute atomic E-state index is 0.749. The molecule has 3 nitrogen and oxygen atoms in total. The predicted octanol–water partition coefficient (Wildman–Crippen LogP) is 1.84. The highest BCUT2D eigenvalue weighted by molar-refractivity contribution is 7.99. The number of nitrogens with zero attached hydrogens (tertiary/aromatic N) is 2. The minimum Gasteiger partial charge on any atom is -0.304 e. The van der Waals surface area contributed by atoms with Crippen molar-refractivity contribution in [3.8, 4) is 0 Å². The average molecular weight is 264 g/mol. The van der Waals surface area contributed by atoms with Crippen LogP contribution in [0.5, 0.6) is 0 Å². The maximum Gasteiger partial charge on any atom is 0.150 e. The van der Waals surface area contributed by atoms with Gasteiger partial charge in [-0.3, -0.25) is 9.69 Å². The van der Waals surface area contributed by atoms with Gasteiger partial charge < -0.3 is 4.90 Å². The SMILES string of the molecule is CN1CCN(CCSc2ccc(C=O)cc2)CC1. The molecule has 1 aliphatic heterocycles. The second-order valence-corrected chi connectivity index (χ2v) is 5.85. The zero-order valence-electron chi connectivity index (χ0n) is 10.8. The molecule has 0 atom stereocenters. The Morgan fingerprint density at radius 3 is 2.44 bits per heavy atom. The first-order valence-electron chi connectivity index (χ1n) is 6.37. The summed E-state index contributed by atoms with van der Waals surface area (Å²) in [4.78, 5) is 16.7. The van der Waals surface area contributed by atoms with Gasteiger partial charge in [0.25, 0.3) is 0 Å². The van der Waals surface area contributed by atoms with Crippen molar-refractivity contribution >= 4 is 18.0 Å². The lowest BCUT2D eigenvalue weighted by Gasteiger charge is -2.32. The van der Waals surface area contributed by atoms with Crippen LogP contribution in [0.4, 0.5) is 0 Å². The van der Waals surface area contributed by atoms with Gasteiger partial charge in [-0.15, -0.1) is 11.8 Å². The van der Waals surface area contributed by atoms with Crippen molar-refractivity contribution in [3.63, 3.8) is 0 Å². The Bertz CT molecular complexity index is 372. The fourth-order valence-electron chi connectivity index (χ4n) is 2.01. The minimum atomic E-state index is 0.749. The largest absolute Gasteiger partial charge is 0.304 e. The van der Waals surface area contributed by atoms with E-state index in [0.717, 1.165) is 24.1 Å². The molecule has 0 radical (unpaired) electrons. The number of hydrogen-bond donors (Lipinski definition) is 0. The quantitative estimate of drug-likeness (QED) is 0.598. The van der Waals surface area contributed by atoms with Crippen molar-refractivity contribution in [3.05, 3.63) is 29.8 Å². The molecule has 0 amide bonds. The van der Waals surface area contributed by atoms with Gasteiger partial charge in [0, 0.05) is 48.9 Å². The molecule has 1 fully saturated rings. The molecule has 0 unspecified atom stereocenters. The number of likely N-dealkylation sites (N-methyl/N-ethyl adjacent to an activating group) is 1. The highest BCUT2D eigenvalue weighted by atomic mass is 32.2. The molecule has 0 aromatic heterocycles. The van der Waals surface area contributed by atoms with Gasteiger partial charge in [0.05, 0.1) is 0 Å². The Kier molecular flexibility index (Phi) is 5.23. The molecule has 0 N–H and O–H groups in total. The molecule has 0 saturated carbocycles. The van der Waals surface area contributed by atoms with Gasteiger partial charge in [0.1, 0.15) is 6.29 Å². The molecule has 1 aliphatic rings. The van der Waals surface area contributed by atoms with Crippen molar-refractivity contribution in [2.24, 2.45) is 0 Å². The van der Waals surface area contributed by atoms with Gasteiger partial charge in [-0.1, -0.05) is 12.1 Å². The summed E-state index contributed by atoms with van der Waals surface area (Å²) in [6, 6.07) is 7.81. The number of hydrogen-bond acceptors (Lipinski definition) is 4. The molecular weight excluding hydrogens is 244 g/mol. The summed E-state index contributed by atoms with van der Waals surface area (Å²) < 4.78 is 0. The van der Waals surface area contributed by atoms with Crippen LogP contribution in [-0.2, 0) is 0 Å². The summed E-state index contributed by atoms with van der Waals surface area (Å²) in [5, 5.41) is 0. The molecule has 0 bridgehead atoms. The molecule has 2 rings (SSSR count). The zero-order chi connectivity index (χ0) is 12.8. The van der Waals surface area contributed by atoms with Gasteiger partial charge >= 0.3 is 0 Å². The van der Waals surface area contributed by atoms with E-state index in [2.05, 4.69) is 16.8 Å². The number of carbonyl (C=O) groups excluding carboxylic acids is 1. The third kappa shape index (κ3) is 4.12. The Labute approximate surface area is 113 Å². The van der Waals surface area contributed by atoms with Crippen LogP contribution in [0.1, 0.15) is 10.4 Å². The monoisotopic (exact) mass is 264 g/mol. The molecule has 4 heteroatoms. The van der Waals surface area contributed by atoms with Crippen LogP contribution in [-0.4, -0.2) is 61.6 Å². The van der Waals surface area contributed by atoms with E-state index < -0.39 is 0 Å². The van der Waals surface area contributed by atoms with Crippen LogP contribution in [0.15, 0.2) is 29.2 Å². The normalized spacial score (nSPS) is 17.8. The van der Waals surface area contributed by atoms with Crippen molar-refractivity contribution in [2.45, 2.75) is 4.90 Å². The van der Waals surface area contributed by atoms with Gasteiger partial charge in [0.2, 0.25) is 0 Å². The van der Waals surface area contributed by atoms with Gasteiger partial charge in [-0.05, 0) is 19.2 Å². The molecule has 18 heavy (non-hydrogen) atoms. The van der Waals surface area contributed by atoms with E-state index in [-0.39, 0.29) is 0 Å².